The lowest BCUT2D eigenvalue weighted by molar-refractivity contribution is 1.22. The van der Waals surface area contributed by atoms with Crippen LogP contribution >= 0.6 is 11.6 Å². The van der Waals surface area contributed by atoms with Crippen molar-refractivity contribution < 1.29 is 0 Å². The fraction of sp³-hybridized carbons (Fsp3) is 0.200. The van der Waals surface area contributed by atoms with E-state index >= 15 is 0 Å². The highest BCUT2D eigenvalue weighted by Crippen LogP contribution is 2.26. The summed E-state index contributed by atoms with van der Waals surface area (Å²) in [5.41, 5.74) is 8.24. The molecule has 0 atom stereocenters. The summed E-state index contributed by atoms with van der Waals surface area (Å²) in [6.07, 6.45) is 0. The first-order chi connectivity index (χ1) is 6.11. The van der Waals surface area contributed by atoms with Crippen molar-refractivity contribution in [3.63, 3.8) is 0 Å². The molecule has 0 unspecified atom stereocenters. The maximum Gasteiger partial charge on any atom is 0.0739 e. The smallest absolute Gasteiger partial charge is 0.0739 e. The van der Waals surface area contributed by atoms with Gasteiger partial charge in [-0.1, -0.05) is 29.8 Å². The van der Waals surface area contributed by atoms with Crippen LogP contribution in [0.5, 0.6) is 0 Å². The Morgan fingerprint density at radius 2 is 2.31 bits per heavy atom. The number of nitrogens with two attached hydrogens (primary N) is 1. The number of para-hydroxylation sites is 1. The van der Waals surface area contributed by atoms with Crippen molar-refractivity contribution in [2.45, 2.75) is 6.92 Å². The average molecular weight is 197 g/mol. The Labute approximate surface area is 83.4 Å². The first-order valence-electron chi connectivity index (χ1n) is 4.03. The van der Waals surface area contributed by atoms with Crippen LogP contribution in [0.15, 0.2) is 30.4 Å². The molecule has 13 heavy (non-hydrogen) atoms. The third-order valence-electron chi connectivity index (χ3n) is 1.63. The van der Waals surface area contributed by atoms with Crippen LogP contribution in [-0.4, -0.2) is 6.54 Å². The zero-order valence-corrected chi connectivity index (χ0v) is 8.36. The summed E-state index contributed by atoms with van der Waals surface area (Å²) in [6, 6.07) is 5.52. The molecule has 1 rings (SSSR count). The number of nitrogens with one attached hydrogen (secondary N) is 1. The van der Waals surface area contributed by atoms with E-state index in [4.69, 9.17) is 17.3 Å². The first-order valence-corrected chi connectivity index (χ1v) is 4.41. The summed E-state index contributed by atoms with van der Waals surface area (Å²) in [5, 5.41) is 3.72. The summed E-state index contributed by atoms with van der Waals surface area (Å²) in [5.74, 6) is 0. The number of nitrogen functional groups attached to an aromatic ring is 1. The lowest BCUT2D eigenvalue weighted by Gasteiger charge is -2.09. The fourth-order valence-electron chi connectivity index (χ4n) is 0.937. The van der Waals surface area contributed by atoms with Crippen LogP contribution in [0.2, 0.25) is 5.02 Å². The SMILES string of the molecule is C=C(C)CNc1cccc(Cl)c1N. The number of hydrogen-bond donors (Lipinski definition) is 2. The summed E-state index contributed by atoms with van der Waals surface area (Å²) in [4.78, 5) is 0. The molecule has 0 aliphatic rings. The molecule has 3 N–H and O–H groups in total. The van der Waals surface area contributed by atoms with Crippen molar-refractivity contribution >= 4 is 23.0 Å². The van der Waals surface area contributed by atoms with Gasteiger partial charge in [0.2, 0.25) is 0 Å². The number of halogens is 1. The van der Waals surface area contributed by atoms with E-state index in [-0.39, 0.29) is 0 Å². The highest BCUT2D eigenvalue weighted by atomic mass is 35.5. The topological polar surface area (TPSA) is 38.0 Å². The van der Waals surface area contributed by atoms with Crippen LogP contribution in [-0.2, 0) is 0 Å². The second-order valence-electron chi connectivity index (χ2n) is 3.01. The zero-order valence-electron chi connectivity index (χ0n) is 7.60. The van der Waals surface area contributed by atoms with Gasteiger partial charge in [-0.3, -0.25) is 0 Å². The van der Waals surface area contributed by atoms with Gasteiger partial charge in [0.05, 0.1) is 16.4 Å². The van der Waals surface area contributed by atoms with Crippen molar-refractivity contribution in [2.24, 2.45) is 0 Å². The van der Waals surface area contributed by atoms with Crippen LogP contribution < -0.4 is 11.1 Å². The monoisotopic (exact) mass is 196 g/mol. The molecule has 0 saturated carbocycles. The molecule has 3 heteroatoms. The molecular weight excluding hydrogens is 184 g/mol. The molecule has 0 saturated heterocycles. The molecule has 0 aliphatic carbocycles. The molecule has 0 aromatic heterocycles. The molecule has 0 amide bonds. The molecule has 1 aromatic rings. The van der Waals surface area contributed by atoms with Gasteiger partial charge >= 0.3 is 0 Å². The Morgan fingerprint density at radius 3 is 2.92 bits per heavy atom. The molecule has 0 fully saturated rings. The molecule has 70 valence electrons. The predicted molar refractivity (Wildman–Crippen MR) is 59.2 cm³/mol. The van der Waals surface area contributed by atoms with Gasteiger partial charge in [0.15, 0.2) is 0 Å². The Bertz CT molecular complexity index is 321. The average Bonchev–Trinajstić information content (AvgIpc) is 2.07. The van der Waals surface area contributed by atoms with Gasteiger partial charge < -0.3 is 11.1 Å². The van der Waals surface area contributed by atoms with Gasteiger partial charge in [0.1, 0.15) is 0 Å². The van der Waals surface area contributed by atoms with Crippen LogP contribution in [0, 0.1) is 0 Å². The molecule has 2 nitrogen and oxygen atoms in total. The summed E-state index contributed by atoms with van der Waals surface area (Å²) >= 11 is 5.84. The maximum atomic E-state index is 5.84. The van der Waals surface area contributed by atoms with Gasteiger partial charge in [-0.2, -0.15) is 0 Å². The number of rotatable bonds is 3. The van der Waals surface area contributed by atoms with Crippen LogP contribution in [0.3, 0.4) is 0 Å². The lowest BCUT2D eigenvalue weighted by Crippen LogP contribution is -2.04. The minimum atomic E-state index is 0.576. The first kappa shape index (κ1) is 9.93. The van der Waals surface area contributed by atoms with Gasteiger partial charge in [-0.25, -0.2) is 0 Å². The van der Waals surface area contributed by atoms with Gasteiger partial charge in [0.25, 0.3) is 0 Å². The second-order valence-corrected chi connectivity index (χ2v) is 3.42. The third kappa shape index (κ3) is 2.67. The van der Waals surface area contributed by atoms with Crippen molar-refractivity contribution in [1.29, 1.82) is 0 Å². The van der Waals surface area contributed by atoms with E-state index in [0.717, 1.165) is 11.3 Å². The quantitative estimate of drug-likeness (QED) is 0.576. The van der Waals surface area contributed by atoms with E-state index in [1.165, 1.54) is 0 Å². The van der Waals surface area contributed by atoms with Crippen LogP contribution in [0.1, 0.15) is 6.92 Å². The lowest BCUT2D eigenvalue weighted by atomic mass is 10.2. The Balaban J connectivity index is 2.77. The normalized spacial score (nSPS) is 9.69. The molecule has 0 aliphatic heterocycles. The van der Waals surface area contributed by atoms with Gasteiger partial charge in [-0.05, 0) is 19.1 Å². The van der Waals surface area contributed by atoms with E-state index < -0.39 is 0 Å². The summed E-state index contributed by atoms with van der Waals surface area (Å²) < 4.78 is 0. The zero-order chi connectivity index (χ0) is 9.84. The van der Waals surface area contributed by atoms with E-state index in [1.54, 1.807) is 6.07 Å². The molecule has 0 radical (unpaired) electrons. The number of hydrogen-bond acceptors (Lipinski definition) is 2. The minimum absolute atomic E-state index is 0.576. The summed E-state index contributed by atoms with van der Waals surface area (Å²) in [6.45, 7) is 6.45. The van der Waals surface area contributed by atoms with Gasteiger partial charge in [0, 0.05) is 6.54 Å². The fourth-order valence-corrected chi connectivity index (χ4v) is 1.11. The molecule has 1 aromatic carbocycles. The van der Waals surface area contributed by atoms with E-state index in [0.29, 0.717) is 17.3 Å². The molecule has 0 heterocycles. The Kier molecular flexibility index (Phi) is 3.20. The second kappa shape index (κ2) is 4.19. The maximum absolute atomic E-state index is 5.84. The van der Waals surface area contributed by atoms with Gasteiger partial charge in [-0.15, -0.1) is 0 Å². The third-order valence-corrected chi connectivity index (χ3v) is 1.96. The highest BCUT2D eigenvalue weighted by Gasteiger charge is 2.00. The van der Waals surface area contributed by atoms with Crippen LogP contribution in [0.25, 0.3) is 0 Å². The van der Waals surface area contributed by atoms with Crippen LogP contribution in [0.4, 0.5) is 11.4 Å². The van der Waals surface area contributed by atoms with Crippen molar-refractivity contribution in [3.8, 4) is 0 Å². The predicted octanol–water partition coefficient (Wildman–Crippen LogP) is 2.91. The highest BCUT2D eigenvalue weighted by molar-refractivity contribution is 6.33. The number of benzene rings is 1. The van der Waals surface area contributed by atoms with Crippen molar-refractivity contribution in [3.05, 3.63) is 35.4 Å². The molecule has 0 bridgehead atoms. The van der Waals surface area contributed by atoms with E-state index in [2.05, 4.69) is 11.9 Å². The summed E-state index contributed by atoms with van der Waals surface area (Å²) in [7, 11) is 0. The van der Waals surface area contributed by atoms with Crippen molar-refractivity contribution in [1.82, 2.24) is 0 Å². The Morgan fingerprint density at radius 1 is 1.62 bits per heavy atom. The van der Waals surface area contributed by atoms with E-state index in [1.807, 2.05) is 19.1 Å². The van der Waals surface area contributed by atoms with E-state index in [9.17, 15) is 0 Å². The molecule has 0 spiro atoms. The Hall–Kier alpha value is -1.15. The largest absolute Gasteiger partial charge is 0.396 e. The number of anilines is 2. The standard InChI is InChI=1S/C10H13ClN2/c1-7(2)6-13-9-5-3-4-8(11)10(9)12/h3-5,13H,1,6,12H2,2H3. The minimum Gasteiger partial charge on any atom is -0.396 e. The molecular formula is C10H13ClN2. The van der Waals surface area contributed by atoms with Crippen molar-refractivity contribution in [2.75, 3.05) is 17.6 Å².